The zero-order chi connectivity index (χ0) is 23.3. The summed E-state index contributed by atoms with van der Waals surface area (Å²) in [6.45, 7) is 4.36. The summed E-state index contributed by atoms with van der Waals surface area (Å²) in [5, 5.41) is 6.77. The molecule has 7 heteroatoms. The molecule has 1 aromatic heterocycles. The van der Waals surface area contributed by atoms with Crippen molar-refractivity contribution >= 4 is 11.6 Å². The van der Waals surface area contributed by atoms with Crippen LogP contribution >= 0.6 is 0 Å². The number of nitrogens with one attached hydrogen (secondary N) is 1. The lowest BCUT2D eigenvalue weighted by molar-refractivity contribution is 0.0951. The largest absolute Gasteiger partial charge is 0.485 e. The Balaban J connectivity index is 1.10. The molecule has 1 aliphatic heterocycles. The second-order valence-electron chi connectivity index (χ2n) is 8.34. The smallest absolute Gasteiger partial charge is 0.251 e. The maximum absolute atomic E-state index is 12.5. The first-order chi connectivity index (χ1) is 16.6. The van der Waals surface area contributed by atoms with Crippen molar-refractivity contribution in [1.29, 1.82) is 0 Å². The number of fused-ring (bicyclic) bond motifs is 1. The maximum atomic E-state index is 12.5. The van der Waals surface area contributed by atoms with Crippen LogP contribution in [0.15, 0.2) is 77.3 Å². The number of amides is 1. The lowest BCUT2D eigenvalue weighted by atomic mass is 10.1. The highest BCUT2D eigenvalue weighted by Gasteiger charge is 2.18. The molecule has 1 N–H and O–H groups in total. The normalized spacial score (nSPS) is 12.4. The summed E-state index contributed by atoms with van der Waals surface area (Å²) in [5.41, 5.74) is 5.66. The summed E-state index contributed by atoms with van der Waals surface area (Å²) in [6, 6.07) is 24.0. The third-order valence-electron chi connectivity index (χ3n) is 5.89. The number of para-hydroxylation sites is 1. The summed E-state index contributed by atoms with van der Waals surface area (Å²) < 4.78 is 10.5. The van der Waals surface area contributed by atoms with E-state index in [2.05, 4.69) is 68.9 Å². The number of hydrogen-bond acceptors (Lipinski definition) is 6. The van der Waals surface area contributed by atoms with Crippen LogP contribution in [-0.4, -0.2) is 22.6 Å². The minimum Gasteiger partial charge on any atom is -0.485 e. The monoisotopic (exact) mass is 454 g/mol. The molecule has 1 aliphatic rings. The van der Waals surface area contributed by atoms with E-state index in [1.165, 1.54) is 16.8 Å². The van der Waals surface area contributed by atoms with Gasteiger partial charge in [0.05, 0.1) is 0 Å². The third kappa shape index (κ3) is 5.09. The van der Waals surface area contributed by atoms with Crippen molar-refractivity contribution in [2.24, 2.45) is 0 Å². The van der Waals surface area contributed by atoms with Crippen LogP contribution in [0, 0.1) is 6.92 Å². The molecule has 0 saturated heterocycles. The van der Waals surface area contributed by atoms with Gasteiger partial charge in [0.15, 0.2) is 6.61 Å². The Morgan fingerprint density at radius 1 is 1.03 bits per heavy atom. The van der Waals surface area contributed by atoms with E-state index in [9.17, 15) is 4.79 Å². The average Bonchev–Trinajstić information content (AvgIpc) is 3.48. The van der Waals surface area contributed by atoms with Crippen LogP contribution in [0.3, 0.4) is 0 Å². The molecule has 0 unspecified atom stereocenters. The number of hydrogen-bond donors (Lipinski definition) is 1. The predicted molar refractivity (Wildman–Crippen MR) is 129 cm³/mol. The Bertz CT molecular complexity index is 1270. The molecule has 3 aromatic carbocycles. The standard InChI is InChI=1S/C27H26N4O3/c1-19-29-26(30-34-19)18-33-24-12-10-23(11-13-24)27(32)28-16-20-6-8-21(9-7-20)17-31-15-14-22-4-2-3-5-25(22)31/h2-13H,14-18H2,1H3,(H,28,32). The van der Waals surface area contributed by atoms with Crippen LogP contribution in [0.1, 0.15) is 38.8 Å². The Kier molecular flexibility index (Phi) is 6.25. The Labute approximate surface area is 198 Å². The van der Waals surface area contributed by atoms with Crippen LogP contribution in [0.5, 0.6) is 5.75 Å². The Morgan fingerprint density at radius 3 is 2.56 bits per heavy atom. The zero-order valence-electron chi connectivity index (χ0n) is 19.0. The summed E-state index contributed by atoms with van der Waals surface area (Å²) in [4.78, 5) is 19.0. The Morgan fingerprint density at radius 2 is 1.79 bits per heavy atom. The number of benzene rings is 3. The molecule has 0 aliphatic carbocycles. The maximum Gasteiger partial charge on any atom is 0.251 e. The average molecular weight is 455 g/mol. The zero-order valence-corrected chi connectivity index (χ0v) is 19.0. The predicted octanol–water partition coefficient (Wildman–Crippen LogP) is 4.45. The number of nitrogens with zero attached hydrogens (tertiary/aromatic N) is 3. The van der Waals surface area contributed by atoms with Gasteiger partial charge in [-0.3, -0.25) is 4.79 Å². The molecule has 2 heterocycles. The number of anilines is 1. The lowest BCUT2D eigenvalue weighted by Crippen LogP contribution is -2.23. The van der Waals surface area contributed by atoms with Gasteiger partial charge in [-0.1, -0.05) is 47.6 Å². The van der Waals surface area contributed by atoms with Gasteiger partial charge in [0.25, 0.3) is 5.91 Å². The fraction of sp³-hybridized carbons (Fsp3) is 0.222. The summed E-state index contributed by atoms with van der Waals surface area (Å²) >= 11 is 0. The van der Waals surface area contributed by atoms with E-state index in [-0.39, 0.29) is 12.5 Å². The molecule has 7 nitrogen and oxygen atoms in total. The van der Waals surface area contributed by atoms with Crippen LogP contribution in [0.4, 0.5) is 5.69 Å². The molecule has 0 atom stereocenters. The molecule has 4 aromatic rings. The van der Waals surface area contributed by atoms with Gasteiger partial charge >= 0.3 is 0 Å². The molecule has 0 saturated carbocycles. The minimum atomic E-state index is -0.127. The Hall–Kier alpha value is -4.13. The summed E-state index contributed by atoms with van der Waals surface area (Å²) in [6.07, 6.45) is 1.10. The highest BCUT2D eigenvalue weighted by molar-refractivity contribution is 5.94. The van der Waals surface area contributed by atoms with Gasteiger partial charge in [0.1, 0.15) is 5.75 Å². The first-order valence-corrected chi connectivity index (χ1v) is 11.3. The number of aromatic nitrogens is 2. The molecule has 0 fully saturated rings. The van der Waals surface area contributed by atoms with E-state index in [1.54, 1.807) is 31.2 Å². The summed E-state index contributed by atoms with van der Waals surface area (Å²) in [7, 11) is 0. The highest BCUT2D eigenvalue weighted by atomic mass is 16.5. The van der Waals surface area contributed by atoms with Crippen molar-refractivity contribution in [3.8, 4) is 5.75 Å². The van der Waals surface area contributed by atoms with E-state index >= 15 is 0 Å². The first-order valence-electron chi connectivity index (χ1n) is 11.3. The van der Waals surface area contributed by atoms with Gasteiger partial charge in [0, 0.05) is 37.8 Å². The second-order valence-corrected chi connectivity index (χ2v) is 8.34. The molecule has 172 valence electrons. The van der Waals surface area contributed by atoms with Gasteiger partial charge in [-0.15, -0.1) is 0 Å². The van der Waals surface area contributed by atoms with Crippen LogP contribution in [0.2, 0.25) is 0 Å². The van der Waals surface area contributed by atoms with Gasteiger partial charge in [-0.25, -0.2) is 0 Å². The fourth-order valence-electron chi connectivity index (χ4n) is 4.09. The van der Waals surface area contributed by atoms with Crippen molar-refractivity contribution < 1.29 is 14.1 Å². The van der Waals surface area contributed by atoms with Crippen molar-refractivity contribution in [2.75, 3.05) is 11.4 Å². The minimum absolute atomic E-state index is 0.127. The number of carbonyl (C=O) groups excluding carboxylic acids is 1. The molecule has 34 heavy (non-hydrogen) atoms. The first kappa shape index (κ1) is 21.7. The lowest BCUT2D eigenvalue weighted by Gasteiger charge is -2.19. The summed E-state index contributed by atoms with van der Waals surface area (Å²) in [5.74, 6) is 1.49. The number of rotatable bonds is 8. The van der Waals surface area contributed by atoms with Crippen molar-refractivity contribution in [3.63, 3.8) is 0 Å². The quantitative estimate of drug-likeness (QED) is 0.424. The number of carbonyl (C=O) groups is 1. The topological polar surface area (TPSA) is 80.5 Å². The fourth-order valence-corrected chi connectivity index (χ4v) is 4.09. The van der Waals surface area contributed by atoms with Gasteiger partial charge in [0.2, 0.25) is 11.7 Å². The van der Waals surface area contributed by atoms with Crippen molar-refractivity contribution in [3.05, 3.63) is 107 Å². The van der Waals surface area contributed by atoms with Gasteiger partial charge in [-0.05, 0) is 53.4 Å². The van der Waals surface area contributed by atoms with E-state index in [0.717, 1.165) is 25.1 Å². The van der Waals surface area contributed by atoms with E-state index in [1.807, 2.05) is 0 Å². The van der Waals surface area contributed by atoms with Crippen molar-refractivity contribution in [1.82, 2.24) is 15.5 Å². The van der Waals surface area contributed by atoms with Gasteiger partial charge < -0.3 is 19.5 Å². The van der Waals surface area contributed by atoms with Crippen LogP contribution in [0.25, 0.3) is 0 Å². The van der Waals surface area contributed by atoms with E-state index < -0.39 is 0 Å². The van der Waals surface area contributed by atoms with E-state index in [4.69, 9.17) is 9.26 Å². The second kappa shape index (κ2) is 9.79. The number of ether oxygens (including phenoxy) is 1. The highest BCUT2D eigenvalue weighted by Crippen LogP contribution is 2.28. The van der Waals surface area contributed by atoms with Crippen molar-refractivity contribution in [2.45, 2.75) is 33.0 Å². The molecule has 0 spiro atoms. The SMILES string of the molecule is Cc1nc(COc2ccc(C(=O)NCc3ccc(CN4CCc5ccccc54)cc3)cc2)no1. The third-order valence-corrected chi connectivity index (χ3v) is 5.89. The van der Waals surface area contributed by atoms with E-state index in [0.29, 0.717) is 29.6 Å². The molecule has 5 rings (SSSR count). The molecular formula is C27H26N4O3. The molecular weight excluding hydrogens is 428 g/mol. The molecule has 1 amide bonds. The number of aryl methyl sites for hydroxylation is 1. The molecule has 0 bridgehead atoms. The van der Waals surface area contributed by atoms with Gasteiger partial charge in [-0.2, -0.15) is 4.98 Å². The molecule has 0 radical (unpaired) electrons. The van der Waals surface area contributed by atoms with Crippen LogP contribution < -0.4 is 15.0 Å². The van der Waals surface area contributed by atoms with Crippen LogP contribution in [-0.2, 0) is 26.1 Å².